The van der Waals surface area contributed by atoms with Crippen molar-refractivity contribution in [1.29, 1.82) is 0 Å². The van der Waals surface area contributed by atoms with Crippen molar-refractivity contribution in [3.05, 3.63) is 34.2 Å². The molecule has 2 aromatic rings. The van der Waals surface area contributed by atoms with Crippen molar-refractivity contribution in [1.82, 2.24) is 0 Å². The Kier molecular flexibility index (Phi) is 1.93. The number of fused-ring (bicyclic) bond motifs is 1. The number of carbonyl (C=O) groups is 1. The first-order chi connectivity index (χ1) is 6.20. The second kappa shape index (κ2) is 2.96. The molecule has 1 heterocycles. The molecule has 0 unspecified atom stereocenters. The van der Waals surface area contributed by atoms with E-state index < -0.39 is 0 Å². The predicted octanol–water partition coefficient (Wildman–Crippen LogP) is 3.33. The molecule has 0 aliphatic rings. The Labute approximate surface area is 81.0 Å². The Balaban J connectivity index is 2.82. The van der Waals surface area contributed by atoms with Gasteiger partial charge >= 0.3 is 0 Å². The minimum atomic E-state index is 0.766. The van der Waals surface area contributed by atoms with Crippen LogP contribution in [0.5, 0.6) is 0 Å². The van der Waals surface area contributed by atoms with E-state index in [1.165, 1.54) is 20.5 Å². The summed E-state index contributed by atoms with van der Waals surface area (Å²) in [6.07, 6.45) is 0.902. The summed E-state index contributed by atoms with van der Waals surface area (Å²) in [5.41, 5.74) is 1.96. The summed E-state index contributed by atoms with van der Waals surface area (Å²) in [5, 5.41) is 1.18. The van der Waals surface area contributed by atoms with E-state index in [0.29, 0.717) is 0 Å². The Hall–Kier alpha value is -1.15. The highest BCUT2D eigenvalue weighted by Crippen LogP contribution is 2.28. The molecule has 0 radical (unpaired) electrons. The number of hydrogen-bond acceptors (Lipinski definition) is 2. The third-order valence-corrected chi connectivity index (χ3v) is 3.29. The van der Waals surface area contributed by atoms with Crippen LogP contribution in [0, 0.1) is 13.8 Å². The van der Waals surface area contributed by atoms with Gasteiger partial charge in [0.05, 0.1) is 0 Å². The van der Waals surface area contributed by atoms with Crippen molar-refractivity contribution < 1.29 is 4.79 Å². The van der Waals surface area contributed by atoms with Crippen molar-refractivity contribution in [3.8, 4) is 0 Å². The van der Waals surface area contributed by atoms with E-state index in [9.17, 15) is 4.79 Å². The van der Waals surface area contributed by atoms with Gasteiger partial charge < -0.3 is 0 Å². The van der Waals surface area contributed by atoms with Crippen LogP contribution in [-0.2, 0) is 0 Å². The monoisotopic (exact) mass is 190 g/mol. The SMILES string of the molecule is Cc1cc2cc(C=O)cc(C)c2s1. The third kappa shape index (κ3) is 1.38. The van der Waals surface area contributed by atoms with Gasteiger partial charge in [-0.25, -0.2) is 0 Å². The number of aldehydes is 1. The van der Waals surface area contributed by atoms with Crippen LogP contribution in [-0.4, -0.2) is 6.29 Å². The topological polar surface area (TPSA) is 17.1 Å². The average Bonchev–Trinajstić information content (AvgIpc) is 2.46. The molecule has 1 nitrogen and oxygen atoms in total. The van der Waals surface area contributed by atoms with E-state index in [1.54, 1.807) is 11.3 Å². The maximum Gasteiger partial charge on any atom is 0.150 e. The summed E-state index contributed by atoms with van der Waals surface area (Å²) in [6, 6.07) is 6.00. The molecule has 1 aromatic heterocycles. The number of aryl methyl sites for hydroxylation is 2. The highest BCUT2D eigenvalue weighted by Gasteiger charge is 2.03. The number of rotatable bonds is 1. The van der Waals surface area contributed by atoms with Gasteiger partial charge in [-0.15, -0.1) is 11.3 Å². The molecular weight excluding hydrogens is 180 g/mol. The van der Waals surface area contributed by atoms with Gasteiger partial charge in [0.1, 0.15) is 6.29 Å². The van der Waals surface area contributed by atoms with Gasteiger partial charge in [-0.1, -0.05) is 0 Å². The van der Waals surface area contributed by atoms with Gasteiger partial charge in [-0.05, 0) is 43.0 Å². The molecule has 0 saturated carbocycles. The largest absolute Gasteiger partial charge is 0.298 e. The number of thiophene rings is 1. The van der Waals surface area contributed by atoms with E-state index in [2.05, 4.69) is 13.0 Å². The van der Waals surface area contributed by atoms with Gasteiger partial charge in [0.15, 0.2) is 0 Å². The molecule has 0 N–H and O–H groups in total. The van der Waals surface area contributed by atoms with E-state index in [0.717, 1.165) is 11.8 Å². The molecule has 0 amide bonds. The van der Waals surface area contributed by atoms with Crippen molar-refractivity contribution in [2.75, 3.05) is 0 Å². The van der Waals surface area contributed by atoms with Crippen LogP contribution >= 0.6 is 11.3 Å². The van der Waals surface area contributed by atoms with Crippen LogP contribution in [0.4, 0.5) is 0 Å². The molecule has 0 bridgehead atoms. The normalized spacial score (nSPS) is 10.6. The Morgan fingerprint density at radius 1 is 1.23 bits per heavy atom. The van der Waals surface area contributed by atoms with E-state index in [4.69, 9.17) is 0 Å². The van der Waals surface area contributed by atoms with Crippen LogP contribution < -0.4 is 0 Å². The summed E-state index contributed by atoms with van der Waals surface area (Å²) in [6.45, 7) is 4.13. The lowest BCUT2D eigenvalue weighted by atomic mass is 10.1. The minimum absolute atomic E-state index is 0.766. The van der Waals surface area contributed by atoms with Gasteiger partial charge in [-0.3, -0.25) is 4.79 Å². The highest BCUT2D eigenvalue weighted by atomic mass is 32.1. The lowest BCUT2D eigenvalue weighted by Gasteiger charge is -1.96. The lowest BCUT2D eigenvalue weighted by molar-refractivity contribution is 0.112. The Morgan fingerprint density at radius 3 is 2.69 bits per heavy atom. The zero-order chi connectivity index (χ0) is 9.42. The molecule has 0 saturated heterocycles. The van der Waals surface area contributed by atoms with Gasteiger partial charge in [0.2, 0.25) is 0 Å². The zero-order valence-corrected chi connectivity index (χ0v) is 8.44. The quantitative estimate of drug-likeness (QED) is 0.630. The van der Waals surface area contributed by atoms with Crippen LogP contribution in [0.1, 0.15) is 20.8 Å². The molecule has 1 aromatic carbocycles. The summed E-state index contributed by atoms with van der Waals surface area (Å²) < 4.78 is 1.29. The molecule has 2 rings (SSSR count). The molecular formula is C11H10OS. The van der Waals surface area contributed by atoms with Gasteiger partial charge in [0, 0.05) is 15.1 Å². The predicted molar refractivity (Wildman–Crippen MR) is 56.7 cm³/mol. The summed E-state index contributed by atoms with van der Waals surface area (Å²) in [5.74, 6) is 0. The van der Waals surface area contributed by atoms with Gasteiger partial charge in [-0.2, -0.15) is 0 Å². The summed E-state index contributed by atoms with van der Waals surface area (Å²) >= 11 is 1.78. The molecule has 66 valence electrons. The summed E-state index contributed by atoms with van der Waals surface area (Å²) in [7, 11) is 0. The maximum atomic E-state index is 10.6. The molecule has 0 aliphatic heterocycles. The first-order valence-corrected chi connectivity index (χ1v) is 4.98. The maximum absolute atomic E-state index is 10.6. The van der Waals surface area contributed by atoms with E-state index in [1.807, 2.05) is 19.1 Å². The van der Waals surface area contributed by atoms with Crippen molar-refractivity contribution in [3.63, 3.8) is 0 Å². The Bertz CT molecular complexity index is 468. The second-order valence-corrected chi connectivity index (χ2v) is 4.49. The molecule has 0 fully saturated rings. The Morgan fingerprint density at radius 2 is 2.00 bits per heavy atom. The first-order valence-electron chi connectivity index (χ1n) is 4.16. The molecule has 0 aliphatic carbocycles. The van der Waals surface area contributed by atoms with Crippen LogP contribution in [0.2, 0.25) is 0 Å². The molecule has 0 spiro atoms. The second-order valence-electron chi connectivity index (χ2n) is 3.23. The zero-order valence-electron chi connectivity index (χ0n) is 7.63. The standard InChI is InChI=1S/C11H10OS/c1-7-3-9(6-12)5-10-4-8(2)13-11(7)10/h3-6H,1-2H3. The highest BCUT2D eigenvalue weighted by molar-refractivity contribution is 7.19. The molecule has 0 atom stereocenters. The minimum Gasteiger partial charge on any atom is -0.298 e. The van der Waals surface area contributed by atoms with Crippen LogP contribution in [0.25, 0.3) is 10.1 Å². The average molecular weight is 190 g/mol. The van der Waals surface area contributed by atoms with Gasteiger partial charge in [0.25, 0.3) is 0 Å². The van der Waals surface area contributed by atoms with Crippen molar-refractivity contribution in [2.45, 2.75) is 13.8 Å². The van der Waals surface area contributed by atoms with Crippen molar-refractivity contribution >= 4 is 27.7 Å². The molecule has 13 heavy (non-hydrogen) atoms. The third-order valence-electron chi connectivity index (χ3n) is 2.08. The number of hydrogen-bond donors (Lipinski definition) is 0. The van der Waals surface area contributed by atoms with E-state index >= 15 is 0 Å². The summed E-state index contributed by atoms with van der Waals surface area (Å²) in [4.78, 5) is 11.9. The van der Waals surface area contributed by atoms with Crippen LogP contribution in [0.15, 0.2) is 18.2 Å². The fourth-order valence-electron chi connectivity index (χ4n) is 1.55. The number of benzene rings is 1. The fraction of sp³-hybridized carbons (Fsp3) is 0.182. The van der Waals surface area contributed by atoms with Crippen LogP contribution in [0.3, 0.4) is 0 Å². The molecule has 2 heteroatoms. The lowest BCUT2D eigenvalue weighted by Crippen LogP contribution is -1.80. The number of carbonyl (C=O) groups excluding carboxylic acids is 1. The fourth-order valence-corrected chi connectivity index (χ4v) is 2.52. The smallest absolute Gasteiger partial charge is 0.150 e. The van der Waals surface area contributed by atoms with Crippen molar-refractivity contribution in [2.24, 2.45) is 0 Å². The first kappa shape index (κ1) is 8.45. The van der Waals surface area contributed by atoms with E-state index in [-0.39, 0.29) is 0 Å².